The first-order valence-electron chi connectivity index (χ1n) is 10.9. The van der Waals surface area contributed by atoms with Crippen LogP contribution in [0.1, 0.15) is 40.6 Å². The minimum atomic E-state index is -0.788. The highest BCUT2D eigenvalue weighted by molar-refractivity contribution is 7.10. The number of thiophene rings is 1. The van der Waals surface area contributed by atoms with Crippen LogP contribution in [-0.4, -0.2) is 29.4 Å². The summed E-state index contributed by atoms with van der Waals surface area (Å²) >= 11 is 1.64. The monoisotopic (exact) mass is 463 g/mol. The number of amides is 2. The van der Waals surface area contributed by atoms with Crippen molar-refractivity contribution in [3.05, 3.63) is 94.1 Å². The Morgan fingerprint density at radius 2 is 1.79 bits per heavy atom. The van der Waals surface area contributed by atoms with E-state index < -0.39 is 17.8 Å². The molecular formula is C26H26FN3O2S. The molecule has 2 heterocycles. The molecule has 170 valence electrons. The van der Waals surface area contributed by atoms with Crippen LogP contribution in [-0.2, 0) is 4.79 Å². The first-order chi connectivity index (χ1) is 16.0. The summed E-state index contributed by atoms with van der Waals surface area (Å²) in [5, 5.41) is 8.85. The predicted octanol–water partition coefficient (Wildman–Crippen LogP) is 5.07. The number of benzene rings is 2. The van der Waals surface area contributed by atoms with Gasteiger partial charge in [-0.15, -0.1) is 11.3 Å². The van der Waals surface area contributed by atoms with Gasteiger partial charge < -0.3 is 15.6 Å². The number of H-pyrrole nitrogens is 1. The number of carbonyl (C=O) groups excluding carboxylic acids is 2. The summed E-state index contributed by atoms with van der Waals surface area (Å²) in [5.74, 6) is -1.73. The van der Waals surface area contributed by atoms with E-state index >= 15 is 0 Å². The Balaban J connectivity index is 1.52. The molecule has 4 rings (SSSR count). The smallest absolute Gasteiger partial charge is 0.254 e. The Labute approximate surface area is 196 Å². The van der Waals surface area contributed by atoms with Gasteiger partial charge in [-0.3, -0.25) is 9.59 Å². The van der Waals surface area contributed by atoms with Crippen LogP contribution < -0.4 is 10.6 Å². The van der Waals surface area contributed by atoms with Crippen molar-refractivity contribution < 1.29 is 14.0 Å². The number of para-hydroxylation sites is 1. The van der Waals surface area contributed by atoms with Gasteiger partial charge >= 0.3 is 0 Å². The van der Waals surface area contributed by atoms with Gasteiger partial charge in [0.25, 0.3) is 5.91 Å². The second kappa shape index (κ2) is 10.0. The first-order valence-corrected chi connectivity index (χ1v) is 11.8. The van der Waals surface area contributed by atoms with E-state index in [1.807, 2.05) is 49.7 Å². The fraction of sp³-hybridized carbons (Fsp3) is 0.231. The van der Waals surface area contributed by atoms with Gasteiger partial charge in [-0.2, -0.15) is 0 Å². The van der Waals surface area contributed by atoms with Gasteiger partial charge in [-0.25, -0.2) is 4.39 Å². The van der Waals surface area contributed by atoms with Gasteiger partial charge in [0.05, 0.1) is 5.56 Å². The molecular weight excluding hydrogens is 437 g/mol. The number of fused-ring (bicyclic) bond motifs is 1. The van der Waals surface area contributed by atoms with Gasteiger partial charge in [0.15, 0.2) is 0 Å². The summed E-state index contributed by atoms with van der Waals surface area (Å²) < 4.78 is 14.0. The number of nitrogens with one attached hydrogen (secondary N) is 3. The molecule has 7 heteroatoms. The molecule has 0 fully saturated rings. The predicted molar refractivity (Wildman–Crippen MR) is 130 cm³/mol. The van der Waals surface area contributed by atoms with Crippen LogP contribution in [0.4, 0.5) is 4.39 Å². The lowest BCUT2D eigenvalue weighted by atomic mass is 9.96. The van der Waals surface area contributed by atoms with Crippen LogP contribution in [0.25, 0.3) is 10.9 Å². The Kier molecular flexibility index (Phi) is 6.89. The number of rotatable bonds is 8. The Bertz CT molecular complexity index is 1250. The average Bonchev–Trinajstić information content (AvgIpc) is 3.48. The molecule has 5 nitrogen and oxygen atoms in total. The Morgan fingerprint density at radius 3 is 2.52 bits per heavy atom. The molecule has 2 aromatic carbocycles. The van der Waals surface area contributed by atoms with E-state index in [2.05, 4.69) is 27.8 Å². The van der Waals surface area contributed by atoms with Crippen LogP contribution in [0.5, 0.6) is 0 Å². The highest BCUT2D eigenvalue weighted by Crippen LogP contribution is 2.32. The highest BCUT2D eigenvalue weighted by atomic mass is 32.1. The fourth-order valence-corrected chi connectivity index (χ4v) is 4.79. The third kappa shape index (κ3) is 4.98. The molecule has 2 aromatic heterocycles. The number of aromatic nitrogens is 1. The van der Waals surface area contributed by atoms with Crippen molar-refractivity contribution in [2.24, 2.45) is 5.92 Å². The highest BCUT2D eigenvalue weighted by Gasteiger charge is 2.27. The van der Waals surface area contributed by atoms with Crippen LogP contribution >= 0.6 is 11.3 Å². The zero-order valence-corrected chi connectivity index (χ0v) is 19.3. The maximum absolute atomic E-state index is 14.0. The van der Waals surface area contributed by atoms with Crippen molar-refractivity contribution in [2.75, 3.05) is 6.54 Å². The number of aromatic amines is 1. The van der Waals surface area contributed by atoms with Crippen molar-refractivity contribution in [1.82, 2.24) is 15.6 Å². The SMILES string of the molecule is CC(C)[C@H](NC(=O)c1ccccc1F)C(=O)NC[C@H](c1cccs1)c1c[nH]c2ccccc12. The summed E-state index contributed by atoms with van der Waals surface area (Å²) in [6, 6.07) is 17.1. The largest absolute Gasteiger partial charge is 0.361 e. The summed E-state index contributed by atoms with van der Waals surface area (Å²) in [6.07, 6.45) is 1.99. The quantitative estimate of drug-likeness (QED) is 0.341. The van der Waals surface area contributed by atoms with E-state index in [4.69, 9.17) is 0 Å². The minimum Gasteiger partial charge on any atom is -0.361 e. The van der Waals surface area contributed by atoms with Crippen molar-refractivity contribution in [3.63, 3.8) is 0 Å². The molecule has 2 atom stereocenters. The van der Waals surface area contributed by atoms with Gasteiger partial charge in [0.1, 0.15) is 11.9 Å². The minimum absolute atomic E-state index is 0.0415. The topological polar surface area (TPSA) is 74.0 Å². The zero-order chi connectivity index (χ0) is 23.4. The van der Waals surface area contributed by atoms with Gasteiger partial charge in [0, 0.05) is 34.4 Å². The molecule has 0 bridgehead atoms. The van der Waals surface area contributed by atoms with Crippen LogP contribution in [0.3, 0.4) is 0 Å². The lowest BCUT2D eigenvalue weighted by molar-refractivity contribution is -0.123. The van der Waals surface area contributed by atoms with E-state index in [-0.39, 0.29) is 23.3 Å². The van der Waals surface area contributed by atoms with Gasteiger partial charge in [-0.05, 0) is 41.1 Å². The van der Waals surface area contributed by atoms with E-state index in [1.54, 1.807) is 17.4 Å². The van der Waals surface area contributed by atoms with Crippen molar-refractivity contribution >= 4 is 34.1 Å². The third-order valence-corrected chi connectivity index (χ3v) is 6.70. The second-order valence-electron chi connectivity index (χ2n) is 8.28. The van der Waals surface area contributed by atoms with E-state index in [0.717, 1.165) is 21.3 Å². The molecule has 0 saturated carbocycles. The van der Waals surface area contributed by atoms with Crippen molar-refractivity contribution in [2.45, 2.75) is 25.8 Å². The molecule has 0 aliphatic heterocycles. The van der Waals surface area contributed by atoms with Crippen LogP contribution in [0.15, 0.2) is 72.2 Å². The van der Waals surface area contributed by atoms with E-state index in [0.29, 0.717) is 6.54 Å². The summed E-state index contributed by atoms with van der Waals surface area (Å²) in [5.41, 5.74) is 2.06. The molecule has 2 amide bonds. The molecule has 0 radical (unpaired) electrons. The fourth-order valence-electron chi connectivity index (χ4n) is 3.95. The molecule has 0 saturated heterocycles. The lowest BCUT2D eigenvalue weighted by Gasteiger charge is -2.24. The molecule has 0 unspecified atom stereocenters. The number of hydrogen-bond donors (Lipinski definition) is 3. The standard InChI is InChI=1S/C26H26FN3O2S/c1-16(2)24(30-25(31)18-9-3-5-10-21(18)27)26(32)29-15-20(23-12-7-13-33-23)19-14-28-22-11-6-4-8-17(19)22/h3-14,16,20,24,28H,15H2,1-2H3,(H,29,32)(H,30,31)/t20-,24-/m0/s1. The van der Waals surface area contributed by atoms with E-state index in [1.165, 1.54) is 18.2 Å². The normalized spacial score (nSPS) is 13.1. The third-order valence-electron chi connectivity index (χ3n) is 5.72. The molecule has 0 aliphatic carbocycles. The average molecular weight is 464 g/mol. The van der Waals surface area contributed by atoms with Crippen molar-refractivity contribution in [1.29, 1.82) is 0 Å². The van der Waals surface area contributed by atoms with E-state index in [9.17, 15) is 14.0 Å². The molecule has 4 aromatic rings. The maximum atomic E-state index is 14.0. The van der Waals surface area contributed by atoms with Gasteiger partial charge in [-0.1, -0.05) is 50.2 Å². The maximum Gasteiger partial charge on any atom is 0.254 e. The van der Waals surface area contributed by atoms with Gasteiger partial charge in [0.2, 0.25) is 5.91 Å². The molecule has 3 N–H and O–H groups in total. The van der Waals surface area contributed by atoms with Crippen LogP contribution in [0, 0.1) is 11.7 Å². The second-order valence-corrected chi connectivity index (χ2v) is 9.26. The zero-order valence-electron chi connectivity index (χ0n) is 18.5. The summed E-state index contributed by atoms with van der Waals surface area (Å²) in [6.45, 7) is 4.07. The van der Waals surface area contributed by atoms with Crippen LogP contribution in [0.2, 0.25) is 0 Å². The summed E-state index contributed by atoms with van der Waals surface area (Å²) in [7, 11) is 0. The molecule has 33 heavy (non-hydrogen) atoms. The Hall–Kier alpha value is -3.45. The number of halogens is 1. The molecule has 0 aliphatic rings. The molecule has 0 spiro atoms. The first kappa shape index (κ1) is 22.7. The Morgan fingerprint density at radius 1 is 1.03 bits per heavy atom. The van der Waals surface area contributed by atoms with Crippen molar-refractivity contribution in [3.8, 4) is 0 Å². The lowest BCUT2D eigenvalue weighted by Crippen LogP contribution is -2.50. The number of hydrogen-bond acceptors (Lipinski definition) is 3. The summed E-state index contributed by atoms with van der Waals surface area (Å²) in [4.78, 5) is 30.2. The number of carbonyl (C=O) groups is 2.